The molecule has 1 aromatic carbocycles. The summed E-state index contributed by atoms with van der Waals surface area (Å²) >= 11 is 0. The van der Waals surface area contributed by atoms with Crippen molar-refractivity contribution in [3.05, 3.63) is 17.7 Å². The Morgan fingerprint density at radius 3 is 2.41 bits per heavy atom. The summed E-state index contributed by atoms with van der Waals surface area (Å²) in [7, 11) is 2.64. The Labute approximate surface area is 113 Å². The second-order valence-electron chi connectivity index (χ2n) is 3.20. The standard InChI is InChI=1S/C13H21NO3/c1-4-7-17-13-11(15-2)8-10(5-6-14)9-12(13)16-3/h8-9H,4-7,14H2,1-3H3/i1D3,4D2,7D2. The Balaban J connectivity index is 3.36. The molecule has 0 spiro atoms. The van der Waals surface area contributed by atoms with Crippen LogP contribution < -0.4 is 19.9 Å². The molecular formula is C13H21NO3. The maximum Gasteiger partial charge on any atom is 0.203 e. The van der Waals surface area contributed by atoms with Gasteiger partial charge in [-0.25, -0.2) is 0 Å². The third-order valence-corrected chi connectivity index (χ3v) is 2.16. The van der Waals surface area contributed by atoms with E-state index in [4.69, 9.17) is 29.5 Å². The van der Waals surface area contributed by atoms with E-state index in [2.05, 4.69) is 0 Å². The van der Waals surface area contributed by atoms with Gasteiger partial charge < -0.3 is 19.9 Å². The van der Waals surface area contributed by atoms with E-state index in [9.17, 15) is 0 Å². The van der Waals surface area contributed by atoms with Crippen LogP contribution in [0.15, 0.2) is 12.1 Å². The Kier molecular flexibility index (Phi) is 2.68. The van der Waals surface area contributed by atoms with Crippen LogP contribution in [0.4, 0.5) is 0 Å². The van der Waals surface area contributed by atoms with E-state index >= 15 is 0 Å². The molecule has 0 atom stereocenters. The molecule has 0 saturated carbocycles. The van der Waals surface area contributed by atoms with Crippen LogP contribution in [0.2, 0.25) is 0 Å². The number of rotatable bonds is 7. The number of methoxy groups -OCH3 is 2. The summed E-state index contributed by atoms with van der Waals surface area (Å²) in [6.45, 7) is -6.01. The summed E-state index contributed by atoms with van der Waals surface area (Å²) in [5.41, 5.74) is 6.25. The molecule has 0 aliphatic rings. The lowest BCUT2D eigenvalue weighted by molar-refractivity contribution is 0.274. The summed E-state index contributed by atoms with van der Waals surface area (Å²) < 4.78 is 67.7. The molecule has 4 heteroatoms. The lowest BCUT2D eigenvalue weighted by atomic mass is 10.1. The summed E-state index contributed by atoms with van der Waals surface area (Å²) in [6.07, 6.45) is -2.75. The lowest BCUT2D eigenvalue weighted by Crippen LogP contribution is -2.05. The summed E-state index contributed by atoms with van der Waals surface area (Å²) in [5.74, 6) is -0.0510. The monoisotopic (exact) mass is 246 g/mol. The minimum atomic E-state index is -3.26. The normalized spacial score (nSPS) is 18.6. The van der Waals surface area contributed by atoms with Crippen molar-refractivity contribution in [3.8, 4) is 17.2 Å². The van der Waals surface area contributed by atoms with Crippen molar-refractivity contribution in [1.29, 1.82) is 0 Å². The van der Waals surface area contributed by atoms with Gasteiger partial charge in [0.05, 0.1) is 23.5 Å². The number of hydrogen-bond donors (Lipinski definition) is 1. The van der Waals surface area contributed by atoms with E-state index in [-0.39, 0.29) is 17.2 Å². The van der Waals surface area contributed by atoms with Crippen LogP contribution in [0.3, 0.4) is 0 Å². The first kappa shape index (κ1) is 6.50. The van der Waals surface area contributed by atoms with Crippen molar-refractivity contribution in [2.24, 2.45) is 5.73 Å². The van der Waals surface area contributed by atoms with Crippen LogP contribution >= 0.6 is 0 Å². The van der Waals surface area contributed by atoms with Crippen LogP contribution in [0.25, 0.3) is 0 Å². The summed E-state index contributed by atoms with van der Waals surface area (Å²) in [6, 6.07) is 3.09. The quantitative estimate of drug-likeness (QED) is 0.799. The van der Waals surface area contributed by atoms with E-state index in [1.807, 2.05) is 0 Å². The molecule has 1 rings (SSSR count). The molecule has 2 N–H and O–H groups in total. The molecule has 0 amide bonds. The van der Waals surface area contributed by atoms with E-state index in [0.717, 1.165) is 5.56 Å². The zero-order valence-electron chi connectivity index (χ0n) is 16.9. The van der Waals surface area contributed by atoms with Gasteiger partial charge in [-0.05, 0) is 37.0 Å². The zero-order chi connectivity index (χ0) is 18.8. The molecule has 4 nitrogen and oxygen atoms in total. The maximum absolute atomic E-state index is 7.78. The van der Waals surface area contributed by atoms with E-state index in [1.165, 1.54) is 14.2 Å². The molecule has 0 fully saturated rings. The van der Waals surface area contributed by atoms with Gasteiger partial charge in [0, 0.05) is 6.85 Å². The summed E-state index contributed by atoms with van der Waals surface area (Å²) in [5, 5.41) is 0. The molecule has 0 bridgehead atoms. The molecule has 17 heavy (non-hydrogen) atoms. The van der Waals surface area contributed by atoms with Crippen LogP contribution in [-0.4, -0.2) is 27.3 Å². The first-order valence-electron chi connectivity index (χ1n) is 8.55. The fraction of sp³-hybridized carbons (Fsp3) is 0.538. The fourth-order valence-electron chi connectivity index (χ4n) is 1.42. The molecule has 0 heterocycles. The van der Waals surface area contributed by atoms with Gasteiger partial charge in [-0.1, -0.05) is 6.85 Å². The van der Waals surface area contributed by atoms with Crippen LogP contribution in [0.5, 0.6) is 17.2 Å². The Morgan fingerprint density at radius 1 is 1.29 bits per heavy atom. The number of benzene rings is 1. The predicted octanol–water partition coefficient (Wildman–Crippen LogP) is 1.99. The van der Waals surface area contributed by atoms with Crippen LogP contribution in [0, 0.1) is 0 Å². The molecule has 0 aromatic heterocycles. The average molecular weight is 246 g/mol. The van der Waals surface area contributed by atoms with Gasteiger partial charge in [0.1, 0.15) is 0 Å². The van der Waals surface area contributed by atoms with E-state index < -0.39 is 19.8 Å². The number of hydrogen-bond acceptors (Lipinski definition) is 4. The second-order valence-corrected chi connectivity index (χ2v) is 3.20. The van der Waals surface area contributed by atoms with E-state index in [0.29, 0.717) is 13.0 Å². The fourth-order valence-corrected chi connectivity index (χ4v) is 1.42. The van der Waals surface area contributed by atoms with Crippen LogP contribution in [-0.2, 0) is 6.42 Å². The molecule has 1 aromatic rings. The van der Waals surface area contributed by atoms with Crippen molar-refractivity contribution in [2.75, 3.05) is 27.3 Å². The highest BCUT2D eigenvalue weighted by Crippen LogP contribution is 2.38. The lowest BCUT2D eigenvalue weighted by Gasteiger charge is -2.15. The van der Waals surface area contributed by atoms with Gasteiger partial charge in [0.15, 0.2) is 11.5 Å². The van der Waals surface area contributed by atoms with Gasteiger partial charge in [0.25, 0.3) is 0 Å². The molecule has 96 valence electrons. The van der Waals surface area contributed by atoms with Crippen molar-refractivity contribution < 1.29 is 23.8 Å². The zero-order valence-corrected chi connectivity index (χ0v) is 9.87. The molecule has 0 unspecified atom stereocenters. The molecule has 0 radical (unpaired) electrons. The van der Waals surface area contributed by atoms with Gasteiger partial charge in [-0.2, -0.15) is 0 Å². The highest BCUT2D eigenvalue weighted by molar-refractivity contribution is 5.53. The van der Waals surface area contributed by atoms with Gasteiger partial charge in [0.2, 0.25) is 5.75 Å². The number of nitrogens with two attached hydrogens (primary N) is 1. The van der Waals surface area contributed by atoms with Crippen molar-refractivity contribution in [2.45, 2.75) is 19.6 Å². The molecule has 0 aliphatic carbocycles. The minimum Gasteiger partial charge on any atom is -0.493 e. The second kappa shape index (κ2) is 7.01. The largest absolute Gasteiger partial charge is 0.493 e. The van der Waals surface area contributed by atoms with Gasteiger partial charge >= 0.3 is 0 Å². The third kappa shape index (κ3) is 3.53. The highest BCUT2D eigenvalue weighted by Gasteiger charge is 2.13. The Morgan fingerprint density at radius 2 is 1.94 bits per heavy atom. The Bertz CT molecular complexity index is 550. The third-order valence-electron chi connectivity index (χ3n) is 2.16. The first-order chi connectivity index (χ1) is 10.9. The van der Waals surface area contributed by atoms with Crippen molar-refractivity contribution in [3.63, 3.8) is 0 Å². The maximum atomic E-state index is 7.78. The van der Waals surface area contributed by atoms with Crippen molar-refractivity contribution in [1.82, 2.24) is 0 Å². The van der Waals surface area contributed by atoms with Crippen molar-refractivity contribution >= 4 is 0 Å². The molecular weight excluding hydrogens is 218 g/mol. The first-order valence-corrected chi connectivity index (χ1v) is 5.05. The average Bonchev–Trinajstić information content (AvgIpc) is 2.46. The molecule has 0 saturated heterocycles. The smallest absolute Gasteiger partial charge is 0.203 e. The Hall–Kier alpha value is -1.42. The number of ether oxygens (including phenoxy) is 3. The highest BCUT2D eigenvalue weighted by atomic mass is 16.5. The van der Waals surface area contributed by atoms with Gasteiger partial charge in [-0.3, -0.25) is 0 Å². The topological polar surface area (TPSA) is 53.7 Å². The van der Waals surface area contributed by atoms with Gasteiger partial charge in [-0.15, -0.1) is 0 Å². The van der Waals surface area contributed by atoms with E-state index in [1.54, 1.807) is 12.1 Å². The predicted molar refractivity (Wildman–Crippen MR) is 68.1 cm³/mol. The molecule has 0 aliphatic heterocycles. The SMILES string of the molecule is [2H]C([2H])([2H])C([2H])([2H])C([2H])([2H])Oc1c(OC)cc(CCN)cc1OC. The summed E-state index contributed by atoms with van der Waals surface area (Å²) in [4.78, 5) is 0. The minimum absolute atomic E-state index is 0.0861. The van der Waals surface area contributed by atoms with Crippen LogP contribution in [0.1, 0.15) is 28.4 Å².